The Hall–Kier alpha value is -3.21. The second-order valence-electron chi connectivity index (χ2n) is 8.65. The molecule has 1 aromatic heterocycles. The van der Waals surface area contributed by atoms with Crippen LogP contribution in [0, 0.1) is 11.6 Å². The lowest BCUT2D eigenvalue weighted by molar-refractivity contribution is 0.303. The number of hydrogen-bond acceptors (Lipinski definition) is 3. The van der Waals surface area contributed by atoms with Crippen LogP contribution >= 0.6 is 0 Å². The monoisotopic (exact) mass is 463 g/mol. The quantitative estimate of drug-likeness (QED) is 0.197. The average Bonchev–Trinajstić information content (AvgIpc) is 3.27. The van der Waals surface area contributed by atoms with Gasteiger partial charge in [-0.25, -0.2) is 13.8 Å². The molecule has 34 heavy (non-hydrogen) atoms. The summed E-state index contributed by atoms with van der Waals surface area (Å²) in [5.74, 6) is -0.260. The summed E-state index contributed by atoms with van der Waals surface area (Å²) in [5.41, 5.74) is 2.27. The minimum atomic E-state index is -0.515. The minimum Gasteiger partial charge on any atom is -0.493 e. The highest BCUT2D eigenvalue weighted by Gasteiger charge is 2.15. The second-order valence-corrected chi connectivity index (χ2v) is 8.65. The van der Waals surface area contributed by atoms with Gasteiger partial charge in [0.15, 0.2) is 5.58 Å². The summed E-state index contributed by atoms with van der Waals surface area (Å²) < 4.78 is 41.0. The number of benzene rings is 3. The smallest absolute Gasteiger partial charge is 0.230 e. The van der Waals surface area contributed by atoms with Gasteiger partial charge in [-0.15, -0.1) is 0 Å². The molecule has 4 rings (SSSR count). The van der Waals surface area contributed by atoms with Crippen LogP contribution < -0.4 is 4.74 Å². The van der Waals surface area contributed by atoms with Crippen molar-refractivity contribution in [1.29, 1.82) is 0 Å². The number of ether oxygens (including phenoxy) is 1. The molecule has 0 unspecified atom stereocenters. The van der Waals surface area contributed by atoms with Crippen molar-refractivity contribution >= 4 is 11.1 Å². The summed E-state index contributed by atoms with van der Waals surface area (Å²) in [5, 5.41) is 0. The number of aromatic nitrogens is 1. The van der Waals surface area contributed by atoms with Crippen molar-refractivity contribution in [2.45, 2.75) is 58.3 Å². The van der Waals surface area contributed by atoms with E-state index < -0.39 is 11.6 Å². The first-order valence-electron chi connectivity index (χ1n) is 12.2. The molecule has 3 nitrogen and oxygen atoms in total. The molecule has 0 aliphatic carbocycles. The van der Waals surface area contributed by atoms with E-state index in [1.807, 2.05) is 18.2 Å². The van der Waals surface area contributed by atoms with E-state index in [1.165, 1.54) is 50.7 Å². The van der Waals surface area contributed by atoms with Gasteiger partial charge in [-0.1, -0.05) is 70.1 Å². The maximum Gasteiger partial charge on any atom is 0.230 e. The Labute approximate surface area is 199 Å². The van der Waals surface area contributed by atoms with Gasteiger partial charge >= 0.3 is 0 Å². The van der Waals surface area contributed by atoms with E-state index in [0.717, 1.165) is 12.8 Å². The minimum absolute atomic E-state index is 0.204. The van der Waals surface area contributed by atoms with Crippen LogP contribution in [0.15, 0.2) is 65.1 Å². The Morgan fingerprint density at radius 2 is 1.47 bits per heavy atom. The second kappa shape index (κ2) is 11.8. The Morgan fingerprint density at radius 1 is 0.765 bits per heavy atom. The van der Waals surface area contributed by atoms with Crippen molar-refractivity contribution in [3.8, 4) is 28.3 Å². The first kappa shape index (κ1) is 23.9. The third-order valence-corrected chi connectivity index (χ3v) is 6.01. The van der Waals surface area contributed by atoms with Gasteiger partial charge in [0.05, 0.1) is 12.2 Å². The zero-order chi connectivity index (χ0) is 23.8. The number of oxazole rings is 1. The fraction of sp³-hybridized carbons (Fsp3) is 0.345. The summed E-state index contributed by atoms with van der Waals surface area (Å²) in [6.07, 6.45) is 9.78. The Kier molecular flexibility index (Phi) is 8.29. The van der Waals surface area contributed by atoms with Crippen LogP contribution in [-0.4, -0.2) is 11.6 Å². The Balaban J connectivity index is 1.34. The van der Waals surface area contributed by atoms with E-state index in [0.29, 0.717) is 34.6 Å². The van der Waals surface area contributed by atoms with Gasteiger partial charge in [0.1, 0.15) is 22.9 Å². The van der Waals surface area contributed by atoms with Gasteiger partial charge in [0, 0.05) is 11.6 Å². The van der Waals surface area contributed by atoms with Crippen LogP contribution in [-0.2, 0) is 0 Å². The van der Waals surface area contributed by atoms with E-state index in [9.17, 15) is 8.78 Å². The summed E-state index contributed by atoms with van der Waals surface area (Å²) >= 11 is 0. The number of fused-ring (bicyclic) bond motifs is 1. The molecule has 3 aromatic carbocycles. The average molecular weight is 464 g/mol. The molecule has 0 spiro atoms. The van der Waals surface area contributed by atoms with Gasteiger partial charge in [-0.05, 0) is 48.4 Å². The third kappa shape index (κ3) is 6.02. The van der Waals surface area contributed by atoms with Crippen LogP contribution in [0.25, 0.3) is 33.7 Å². The zero-order valence-corrected chi connectivity index (χ0v) is 19.7. The summed E-state index contributed by atoms with van der Waals surface area (Å²) in [6.45, 7) is 2.80. The lowest BCUT2D eigenvalue weighted by atomic mass is 10.0. The van der Waals surface area contributed by atoms with Crippen LogP contribution in [0.4, 0.5) is 8.78 Å². The molecule has 4 aromatic rings. The standard InChI is InChI=1S/C29H31F2NO2/c1-2-3-4-5-6-7-8-11-18-33-22-15-17-23(26(31)20-22)21-14-16-24(25(30)19-21)29-32-27-12-9-10-13-28(27)34-29/h9-10,12-17,19-20H,2-8,11,18H2,1H3. The lowest BCUT2D eigenvalue weighted by Crippen LogP contribution is -1.98. The number of hydrogen-bond donors (Lipinski definition) is 0. The van der Waals surface area contributed by atoms with E-state index >= 15 is 0 Å². The molecule has 0 saturated carbocycles. The van der Waals surface area contributed by atoms with Gasteiger partial charge in [0.2, 0.25) is 5.89 Å². The predicted molar refractivity (Wildman–Crippen MR) is 133 cm³/mol. The van der Waals surface area contributed by atoms with Gasteiger partial charge < -0.3 is 9.15 Å². The highest BCUT2D eigenvalue weighted by atomic mass is 19.1. The molecular formula is C29H31F2NO2. The van der Waals surface area contributed by atoms with Crippen LogP contribution in [0.2, 0.25) is 0 Å². The number of para-hydroxylation sites is 2. The highest BCUT2D eigenvalue weighted by Crippen LogP contribution is 2.32. The lowest BCUT2D eigenvalue weighted by Gasteiger charge is -2.10. The molecule has 0 saturated heterocycles. The van der Waals surface area contributed by atoms with Crippen molar-refractivity contribution in [3.05, 3.63) is 72.3 Å². The molecule has 0 radical (unpaired) electrons. The molecule has 0 aliphatic rings. The summed E-state index contributed by atoms with van der Waals surface area (Å²) in [6, 6.07) is 16.6. The topological polar surface area (TPSA) is 35.3 Å². The number of nitrogens with zero attached hydrogens (tertiary/aromatic N) is 1. The molecule has 178 valence electrons. The van der Waals surface area contributed by atoms with E-state index in [-0.39, 0.29) is 11.5 Å². The molecule has 5 heteroatoms. The fourth-order valence-electron chi connectivity index (χ4n) is 4.09. The zero-order valence-electron chi connectivity index (χ0n) is 19.7. The third-order valence-electron chi connectivity index (χ3n) is 6.01. The van der Waals surface area contributed by atoms with Gasteiger partial charge in [-0.3, -0.25) is 0 Å². The molecule has 0 N–H and O–H groups in total. The van der Waals surface area contributed by atoms with Gasteiger partial charge in [-0.2, -0.15) is 0 Å². The molecular weight excluding hydrogens is 432 g/mol. The van der Waals surface area contributed by atoms with Crippen molar-refractivity contribution in [2.24, 2.45) is 0 Å². The summed E-state index contributed by atoms with van der Waals surface area (Å²) in [7, 11) is 0. The Bertz CT molecular complexity index is 1180. The molecule has 0 atom stereocenters. The maximum absolute atomic E-state index is 14.9. The fourth-order valence-corrected chi connectivity index (χ4v) is 4.09. The number of rotatable bonds is 12. The molecule has 1 heterocycles. The number of unbranched alkanes of at least 4 members (excludes halogenated alkanes) is 7. The normalized spacial score (nSPS) is 11.3. The Morgan fingerprint density at radius 3 is 2.21 bits per heavy atom. The summed E-state index contributed by atoms with van der Waals surface area (Å²) in [4.78, 5) is 4.34. The van der Waals surface area contributed by atoms with Crippen LogP contribution in [0.3, 0.4) is 0 Å². The molecule has 0 bridgehead atoms. The van der Waals surface area contributed by atoms with Crippen LogP contribution in [0.5, 0.6) is 5.75 Å². The first-order chi connectivity index (χ1) is 16.7. The van der Waals surface area contributed by atoms with Crippen molar-refractivity contribution in [1.82, 2.24) is 4.98 Å². The van der Waals surface area contributed by atoms with Crippen molar-refractivity contribution < 1.29 is 17.9 Å². The molecule has 0 aliphatic heterocycles. The van der Waals surface area contributed by atoms with E-state index in [1.54, 1.807) is 30.3 Å². The van der Waals surface area contributed by atoms with Crippen LogP contribution in [0.1, 0.15) is 58.3 Å². The van der Waals surface area contributed by atoms with E-state index in [4.69, 9.17) is 9.15 Å². The van der Waals surface area contributed by atoms with Crippen molar-refractivity contribution in [3.63, 3.8) is 0 Å². The van der Waals surface area contributed by atoms with Crippen molar-refractivity contribution in [2.75, 3.05) is 6.61 Å². The van der Waals surface area contributed by atoms with E-state index in [2.05, 4.69) is 11.9 Å². The molecule has 0 amide bonds. The SMILES string of the molecule is CCCCCCCCCCOc1ccc(-c2ccc(-c3nc4ccccc4o3)c(F)c2)c(F)c1. The number of halogens is 2. The maximum atomic E-state index is 14.9. The predicted octanol–water partition coefficient (Wildman–Crippen LogP) is 8.96. The first-order valence-corrected chi connectivity index (χ1v) is 12.2. The molecule has 0 fully saturated rings. The largest absolute Gasteiger partial charge is 0.493 e. The highest BCUT2D eigenvalue weighted by molar-refractivity contribution is 5.77. The van der Waals surface area contributed by atoms with Gasteiger partial charge in [0.25, 0.3) is 0 Å².